The Balaban J connectivity index is 0. The Hall–Kier alpha value is -1.26. The van der Waals surface area contributed by atoms with Crippen LogP contribution in [-0.4, -0.2) is 33.2 Å². The first-order valence-corrected chi connectivity index (χ1v) is 3.80. The van der Waals surface area contributed by atoms with E-state index in [2.05, 4.69) is 14.7 Å². The molecule has 0 spiro atoms. The molecule has 0 aromatic carbocycles. The van der Waals surface area contributed by atoms with Crippen molar-refractivity contribution in [2.45, 2.75) is 20.3 Å². The number of hydrogen-bond acceptors (Lipinski definition) is 5. The van der Waals surface area contributed by atoms with E-state index >= 15 is 0 Å². The number of methoxy groups -OCH3 is 2. The molecule has 0 bridgehead atoms. The lowest BCUT2D eigenvalue weighted by atomic mass is 10.5. The van der Waals surface area contributed by atoms with Gasteiger partial charge in [-0.2, -0.15) is 0 Å². The number of ether oxygens (including phenoxy) is 2. The number of hydrogen-bond donors (Lipinski definition) is 0. The Morgan fingerprint density at radius 3 is 1.77 bits per heavy atom. The molecule has 0 saturated carbocycles. The molecule has 0 N–H and O–H groups in total. The minimum absolute atomic E-state index is 0.245. The van der Waals surface area contributed by atoms with Gasteiger partial charge in [0.1, 0.15) is 7.11 Å². The smallest absolute Gasteiger partial charge is 0.302 e. The third-order valence-electron chi connectivity index (χ3n) is 1.02. The molecule has 0 rings (SSSR count). The molecule has 5 nitrogen and oxygen atoms in total. The number of oxime groups is 1. The lowest BCUT2D eigenvalue weighted by Gasteiger charge is -1.96. The van der Waals surface area contributed by atoms with Crippen LogP contribution in [0.15, 0.2) is 5.16 Å². The molecule has 13 heavy (non-hydrogen) atoms. The van der Waals surface area contributed by atoms with E-state index in [0.717, 1.165) is 6.42 Å². The van der Waals surface area contributed by atoms with Crippen LogP contribution >= 0.6 is 0 Å². The largest absolute Gasteiger partial charge is 0.482 e. The predicted molar refractivity (Wildman–Crippen MR) is 49.4 cm³/mol. The molecule has 0 saturated heterocycles. The van der Waals surface area contributed by atoms with Crippen molar-refractivity contribution in [3.63, 3.8) is 0 Å². The van der Waals surface area contributed by atoms with E-state index < -0.39 is 0 Å². The van der Waals surface area contributed by atoms with Crippen LogP contribution < -0.4 is 0 Å². The van der Waals surface area contributed by atoms with Crippen LogP contribution in [-0.2, 0) is 19.1 Å². The standard InChI is InChI=1S/C5H11NO2.C3H6O2/c1-4-5(7-2)6-8-3;1-3(4)5-2/h4H2,1-3H3;1-2H3/b6-5-;. The summed E-state index contributed by atoms with van der Waals surface area (Å²) in [5, 5.41) is 3.56. The summed E-state index contributed by atoms with van der Waals surface area (Å²) in [7, 11) is 4.42. The molecule has 0 fully saturated rings. The maximum absolute atomic E-state index is 9.59. The fourth-order valence-electron chi connectivity index (χ4n) is 0.348. The Morgan fingerprint density at radius 1 is 1.23 bits per heavy atom. The van der Waals surface area contributed by atoms with Gasteiger partial charge in [0.2, 0.25) is 5.90 Å². The topological polar surface area (TPSA) is 57.1 Å². The lowest BCUT2D eigenvalue weighted by molar-refractivity contribution is -0.137. The van der Waals surface area contributed by atoms with E-state index in [1.807, 2.05) is 6.92 Å². The van der Waals surface area contributed by atoms with Gasteiger partial charge >= 0.3 is 5.97 Å². The first-order valence-electron chi connectivity index (χ1n) is 3.80. The third kappa shape index (κ3) is 13.7. The van der Waals surface area contributed by atoms with Crippen LogP contribution in [0.2, 0.25) is 0 Å². The minimum Gasteiger partial charge on any atom is -0.482 e. The molecule has 0 aromatic heterocycles. The van der Waals surface area contributed by atoms with Crippen molar-refractivity contribution in [3.05, 3.63) is 0 Å². The summed E-state index contributed by atoms with van der Waals surface area (Å²) < 4.78 is 8.88. The van der Waals surface area contributed by atoms with Crippen molar-refractivity contribution in [1.29, 1.82) is 0 Å². The Morgan fingerprint density at radius 2 is 1.69 bits per heavy atom. The summed E-state index contributed by atoms with van der Waals surface area (Å²) in [6.07, 6.45) is 0.768. The molecule has 78 valence electrons. The van der Waals surface area contributed by atoms with Gasteiger partial charge in [-0.15, -0.1) is 0 Å². The third-order valence-corrected chi connectivity index (χ3v) is 1.02. The molecule has 0 atom stereocenters. The Bertz CT molecular complexity index is 150. The van der Waals surface area contributed by atoms with E-state index in [4.69, 9.17) is 4.74 Å². The van der Waals surface area contributed by atoms with E-state index in [1.165, 1.54) is 21.1 Å². The van der Waals surface area contributed by atoms with E-state index in [0.29, 0.717) is 5.90 Å². The van der Waals surface area contributed by atoms with Gasteiger partial charge in [0.15, 0.2) is 0 Å². The first kappa shape index (κ1) is 14.3. The minimum atomic E-state index is -0.245. The van der Waals surface area contributed by atoms with Crippen LogP contribution in [0.1, 0.15) is 20.3 Å². The zero-order valence-corrected chi connectivity index (χ0v) is 8.79. The summed E-state index contributed by atoms with van der Waals surface area (Å²) in [6, 6.07) is 0. The number of esters is 1. The molecule has 0 radical (unpaired) electrons. The SMILES string of the molecule is CC/C(=N/OC)OC.COC(C)=O. The molecule has 0 unspecified atom stereocenters. The van der Waals surface area contributed by atoms with Gasteiger partial charge in [0.25, 0.3) is 0 Å². The number of carbonyl (C=O) groups excluding carboxylic acids is 1. The Labute approximate surface area is 78.7 Å². The van der Waals surface area contributed by atoms with Crippen molar-refractivity contribution >= 4 is 11.9 Å². The molecular formula is C8H17NO4. The zero-order chi connectivity index (χ0) is 10.7. The maximum Gasteiger partial charge on any atom is 0.302 e. The van der Waals surface area contributed by atoms with E-state index in [9.17, 15) is 4.79 Å². The number of nitrogens with zero attached hydrogens (tertiary/aromatic N) is 1. The van der Waals surface area contributed by atoms with Gasteiger partial charge in [-0.05, 0) is 0 Å². The average Bonchev–Trinajstić information content (AvgIpc) is 2.15. The van der Waals surface area contributed by atoms with Gasteiger partial charge in [0.05, 0.1) is 14.2 Å². The van der Waals surface area contributed by atoms with E-state index in [-0.39, 0.29) is 5.97 Å². The lowest BCUT2D eigenvalue weighted by Crippen LogP contribution is -1.98. The van der Waals surface area contributed by atoms with Gasteiger partial charge < -0.3 is 14.3 Å². The second kappa shape index (κ2) is 10.7. The molecule has 0 amide bonds. The van der Waals surface area contributed by atoms with E-state index in [1.54, 1.807) is 7.11 Å². The van der Waals surface area contributed by atoms with Crippen molar-refractivity contribution < 1.29 is 19.1 Å². The summed E-state index contributed by atoms with van der Waals surface area (Å²) in [5.74, 6) is 0.373. The van der Waals surface area contributed by atoms with Crippen molar-refractivity contribution in [2.24, 2.45) is 5.16 Å². The number of rotatable bonds is 2. The van der Waals surface area contributed by atoms with Crippen LogP contribution in [0.5, 0.6) is 0 Å². The highest BCUT2D eigenvalue weighted by Gasteiger charge is 1.89. The molecule has 0 heterocycles. The van der Waals surface area contributed by atoms with Gasteiger partial charge in [-0.3, -0.25) is 4.79 Å². The summed E-state index contributed by atoms with van der Waals surface area (Å²) in [4.78, 5) is 14.0. The molecule has 0 aliphatic carbocycles. The predicted octanol–water partition coefficient (Wildman–Crippen LogP) is 1.18. The van der Waals surface area contributed by atoms with Crippen LogP contribution in [0.4, 0.5) is 0 Å². The van der Waals surface area contributed by atoms with Gasteiger partial charge in [-0.1, -0.05) is 12.1 Å². The zero-order valence-electron chi connectivity index (χ0n) is 8.79. The Kier molecular flexibility index (Phi) is 11.8. The van der Waals surface area contributed by atoms with Crippen LogP contribution in [0.25, 0.3) is 0 Å². The highest BCUT2D eigenvalue weighted by molar-refractivity contribution is 5.74. The molecule has 0 aliphatic rings. The summed E-state index contributed by atoms with van der Waals surface area (Å²) >= 11 is 0. The highest BCUT2D eigenvalue weighted by atomic mass is 16.6. The van der Waals surface area contributed by atoms with Gasteiger partial charge in [-0.25, -0.2) is 0 Å². The van der Waals surface area contributed by atoms with Crippen LogP contribution in [0.3, 0.4) is 0 Å². The monoisotopic (exact) mass is 191 g/mol. The van der Waals surface area contributed by atoms with Crippen molar-refractivity contribution in [3.8, 4) is 0 Å². The highest BCUT2D eigenvalue weighted by Crippen LogP contribution is 1.85. The summed E-state index contributed by atoms with van der Waals surface area (Å²) in [5.41, 5.74) is 0. The van der Waals surface area contributed by atoms with Crippen molar-refractivity contribution in [1.82, 2.24) is 0 Å². The first-order chi connectivity index (χ1) is 6.12. The second-order valence-corrected chi connectivity index (χ2v) is 1.92. The second-order valence-electron chi connectivity index (χ2n) is 1.92. The van der Waals surface area contributed by atoms with Gasteiger partial charge in [0, 0.05) is 13.3 Å². The molecule has 0 aliphatic heterocycles. The van der Waals surface area contributed by atoms with Crippen LogP contribution in [0, 0.1) is 0 Å². The molecule has 0 aromatic rings. The maximum atomic E-state index is 9.59. The van der Waals surface area contributed by atoms with Crippen molar-refractivity contribution in [2.75, 3.05) is 21.3 Å². The summed E-state index contributed by atoms with van der Waals surface area (Å²) in [6.45, 7) is 3.31. The number of carbonyl (C=O) groups is 1. The quantitative estimate of drug-likeness (QED) is 0.284. The fourth-order valence-corrected chi connectivity index (χ4v) is 0.348. The molecular weight excluding hydrogens is 174 g/mol. The normalized spacial score (nSPS) is 9.46. The fraction of sp³-hybridized carbons (Fsp3) is 0.750. The average molecular weight is 191 g/mol. The molecule has 5 heteroatoms.